The Morgan fingerprint density at radius 1 is 1.19 bits per heavy atom. The van der Waals surface area contributed by atoms with Crippen molar-refractivity contribution in [2.45, 2.75) is 26.4 Å². The third-order valence-corrected chi connectivity index (χ3v) is 5.50. The molecule has 1 atom stereocenters. The predicted molar refractivity (Wildman–Crippen MR) is 115 cm³/mol. The van der Waals surface area contributed by atoms with Crippen LogP contribution in [0.2, 0.25) is 0 Å². The normalized spacial score (nSPS) is 16.7. The summed E-state index contributed by atoms with van der Waals surface area (Å²) in [6.45, 7) is 4.09. The SMILES string of the molecule is CC[C@@H](C)Oc1ccc(/C=C2/SC(=S)N(c3ccccc3)C2=O)cc1OC. The Morgan fingerprint density at radius 2 is 1.93 bits per heavy atom. The minimum Gasteiger partial charge on any atom is -0.493 e. The first-order valence-corrected chi connectivity index (χ1v) is 9.93. The molecule has 1 aliphatic rings. The lowest BCUT2D eigenvalue weighted by atomic mass is 10.1. The maximum atomic E-state index is 12.8. The van der Waals surface area contributed by atoms with Gasteiger partial charge in [0.25, 0.3) is 5.91 Å². The zero-order valence-electron chi connectivity index (χ0n) is 15.5. The molecule has 0 bridgehead atoms. The number of carbonyl (C=O) groups excluding carboxylic acids is 1. The van der Waals surface area contributed by atoms with E-state index >= 15 is 0 Å². The molecule has 0 aliphatic carbocycles. The van der Waals surface area contributed by atoms with Crippen LogP contribution in [0, 0.1) is 0 Å². The minimum absolute atomic E-state index is 0.104. The molecule has 0 spiro atoms. The number of nitrogens with zero attached hydrogens (tertiary/aromatic N) is 1. The second-order valence-corrected chi connectivity index (χ2v) is 7.78. The van der Waals surface area contributed by atoms with Gasteiger partial charge in [0.05, 0.1) is 23.8 Å². The van der Waals surface area contributed by atoms with Gasteiger partial charge in [0, 0.05) is 0 Å². The Kier molecular flexibility index (Phi) is 6.19. The summed E-state index contributed by atoms with van der Waals surface area (Å²) >= 11 is 6.71. The van der Waals surface area contributed by atoms with Crippen molar-refractivity contribution >= 4 is 46.0 Å². The lowest BCUT2D eigenvalue weighted by Crippen LogP contribution is -2.27. The summed E-state index contributed by atoms with van der Waals surface area (Å²) in [7, 11) is 1.61. The molecule has 140 valence electrons. The van der Waals surface area contributed by atoms with Gasteiger partial charge < -0.3 is 9.47 Å². The molecule has 0 aromatic heterocycles. The van der Waals surface area contributed by atoms with Gasteiger partial charge in [-0.2, -0.15) is 0 Å². The van der Waals surface area contributed by atoms with E-state index in [1.807, 2.05) is 61.5 Å². The van der Waals surface area contributed by atoms with E-state index in [4.69, 9.17) is 21.7 Å². The number of thioether (sulfide) groups is 1. The Hall–Kier alpha value is -2.31. The summed E-state index contributed by atoms with van der Waals surface area (Å²) in [5.41, 5.74) is 1.63. The van der Waals surface area contributed by atoms with Crippen molar-refractivity contribution in [1.29, 1.82) is 0 Å². The van der Waals surface area contributed by atoms with Crippen LogP contribution in [-0.4, -0.2) is 23.4 Å². The fraction of sp³-hybridized carbons (Fsp3) is 0.238. The van der Waals surface area contributed by atoms with Crippen molar-refractivity contribution in [2.24, 2.45) is 0 Å². The fourth-order valence-corrected chi connectivity index (χ4v) is 3.89. The van der Waals surface area contributed by atoms with Crippen LogP contribution >= 0.6 is 24.0 Å². The molecule has 0 radical (unpaired) electrons. The molecule has 1 fully saturated rings. The van der Waals surface area contributed by atoms with E-state index in [-0.39, 0.29) is 12.0 Å². The molecule has 27 heavy (non-hydrogen) atoms. The van der Waals surface area contributed by atoms with Crippen LogP contribution in [0.4, 0.5) is 5.69 Å². The Balaban J connectivity index is 1.86. The van der Waals surface area contributed by atoms with Gasteiger partial charge >= 0.3 is 0 Å². The summed E-state index contributed by atoms with van der Waals surface area (Å²) in [5, 5.41) is 0. The van der Waals surface area contributed by atoms with E-state index in [0.717, 1.165) is 17.7 Å². The van der Waals surface area contributed by atoms with Crippen LogP contribution in [0.5, 0.6) is 11.5 Å². The third-order valence-electron chi connectivity index (χ3n) is 4.20. The molecule has 3 rings (SSSR count). The quantitative estimate of drug-likeness (QED) is 0.488. The Labute approximate surface area is 169 Å². The molecular weight excluding hydrogens is 378 g/mol. The maximum absolute atomic E-state index is 12.8. The van der Waals surface area contributed by atoms with Gasteiger partial charge in [-0.15, -0.1) is 0 Å². The Morgan fingerprint density at radius 3 is 2.59 bits per heavy atom. The molecule has 0 N–H and O–H groups in total. The number of benzene rings is 2. The van der Waals surface area contributed by atoms with Gasteiger partial charge in [-0.05, 0) is 49.2 Å². The van der Waals surface area contributed by atoms with E-state index in [0.29, 0.717) is 20.7 Å². The molecule has 0 saturated carbocycles. The van der Waals surface area contributed by atoms with Crippen LogP contribution in [0.3, 0.4) is 0 Å². The molecule has 4 nitrogen and oxygen atoms in total. The smallest absolute Gasteiger partial charge is 0.270 e. The number of amides is 1. The maximum Gasteiger partial charge on any atom is 0.270 e. The molecule has 2 aromatic carbocycles. The van der Waals surface area contributed by atoms with Crippen molar-refractivity contribution in [3.05, 3.63) is 59.0 Å². The lowest BCUT2D eigenvalue weighted by molar-refractivity contribution is -0.113. The third kappa shape index (κ3) is 4.34. The van der Waals surface area contributed by atoms with Crippen LogP contribution in [-0.2, 0) is 4.79 Å². The van der Waals surface area contributed by atoms with E-state index < -0.39 is 0 Å². The molecule has 1 saturated heterocycles. The summed E-state index contributed by atoms with van der Waals surface area (Å²) in [6, 6.07) is 15.1. The van der Waals surface area contributed by atoms with E-state index in [9.17, 15) is 4.79 Å². The number of thiocarbonyl (C=S) groups is 1. The molecule has 1 amide bonds. The first-order chi connectivity index (χ1) is 13.0. The van der Waals surface area contributed by atoms with Crippen LogP contribution in [0.15, 0.2) is 53.4 Å². The number of anilines is 1. The van der Waals surface area contributed by atoms with Crippen LogP contribution < -0.4 is 14.4 Å². The number of hydrogen-bond acceptors (Lipinski definition) is 5. The predicted octanol–water partition coefficient (Wildman–Crippen LogP) is 5.28. The zero-order valence-corrected chi connectivity index (χ0v) is 17.1. The summed E-state index contributed by atoms with van der Waals surface area (Å²) in [5.74, 6) is 1.22. The highest BCUT2D eigenvalue weighted by atomic mass is 32.2. The van der Waals surface area contributed by atoms with Gasteiger partial charge in [0.1, 0.15) is 0 Å². The van der Waals surface area contributed by atoms with Gasteiger partial charge in [-0.25, -0.2) is 0 Å². The van der Waals surface area contributed by atoms with Crippen molar-refractivity contribution in [3.8, 4) is 11.5 Å². The molecule has 6 heteroatoms. The van der Waals surface area contributed by atoms with Crippen molar-refractivity contribution in [1.82, 2.24) is 0 Å². The fourth-order valence-electron chi connectivity index (χ4n) is 2.59. The molecule has 2 aromatic rings. The summed E-state index contributed by atoms with van der Waals surface area (Å²) < 4.78 is 11.9. The largest absolute Gasteiger partial charge is 0.493 e. The van der Waals surface area contributed by atoms with E-state index in [1.165, 1.54) is 11.8 Å². The van der Waals surface area contributed by atoms with Gasteiger partial charge in [-0.3, -0.25) is 9.69 Å². The first kappa shape index (κ1) is 19.5. The average molecular weight is 400 g/mol. The highest BCUT2D eigenvalue weighted by Gasteiger charge is 2.33. The van der Waals surface area contributed by atoms with Crippen molar-refractivity contribution in [3.63, 3.8) is 0 Å². The van der Waals surface area contributed by atoms with Crippen LogP contribution in [0.1, 0.15) is 25.8 Å². The summed E-state index contributed by atoms with van der Waals surface area (Å²) in [6.07, 6.45) is 2.84. The van der Waals surface area contributed by atoms with Gasteiger partial charge in [-0.1, -0.05) is 55.2 Å². The zero-order chi connectivity index (χ0) is 19.4. The monoisotopic (exact) mass is 399 g/mol. The highest BCUT2D eigenvalue weighted by Crippen LogP contribution is 2.37. The number of rotatable bonds is 6. The standard InChI is InChI=1S/C21H21NO3S2/c1-4-14(2)25-17-11-10-15(12-18(17)24-3)13-19-20(23)22(21(26)27-19)16-8-6-5-7-9-16/h5-14H,4H2,1-3H3/b19-13+/t14-/m1/s1. The topological polar surface area (TPSA) is 38.8 Å². The average Bonchev–Trinajstić information content (AvgIpc) is 2.96. The minimum atomic E-state index is -0.116. The second kappa shape index (κ2) is 8.59. The van der Waals surface area contributed by atoms with E-state index in [2.05, 4.69) is 6.92 Å². The molecular formula is C21H21NO3S2. The number of methoxy groups -OCH3 is 1. The molecule has 1 heterocycles. The number of para-hydroxylation sites is 1. The molecule has 0 unspecified atom stereocenters. The molecule has 1 aliphatic heterocycles. The number of hydrogen-bond donors (Lipinski definition) is 0. The number of ether oxygens (including phenoxy) is 2. The van der Waals surface area contributed by atoms with Crippen LogP contribution in [0.25, 0.3) is 6.08 Å². The summed E-state index contributed by atoms with van der Waals surface area (Å²) in [4.78, 5) is 15.0. The van der Waals surface area contributed by atoms with E-state index in [1.54, 1.807) is 12.0 Å². The van der Waals surface area contributed by atoms with Gasteiger partial charge in [0.15, 0.2) is 15.8 Å². The lowest BCUT2D eigenvalue weighted by Gasteiger charge is -2.16. The highest BCUT2D eigenvalue weighted by molar-refractivity contribution is 8.27. The van der Waals surface area contributed by atoms with Crippen molar-refractivity contribution in [2.75, 3.05) is 12.0 Å². The van der Waals surface area contributed by atoms with Gasteiger partial charge in [0.2, 0.25) is 0 Å². The number of carbonyl (C=O) groups is 1. The second-order valence-electron chi connectivity index (χ2n) is 6.10. The van der Waals surface area contributed by atoms with Crippen molar-refractivity contribution < 1.29 is 14.3 Å². The Bertz CT molecular complexity index is 880. The first-order valence-electron chi connectivity index (χ1n) is 8.71.